The molecule has 1 aliphatic heterocycles. The molecule has 20 heavy (non-hydrogen) atoms. The van der Waals surface area contributed by atoms with Crippen LogP contribution in [0.1, 0.15) is 32.6 Å². The maximum Gasteiger partial charge on any atom is 0.326 e. The number of nitrogens with zero attached hydrogens (tertiary/aromatic N) is 1. The van der Waals surface area contributed by atoms with Crippen molar-refractivity contribution < 1.29 is 23.1 Å². The zero-order valence-electron chi connectivity index (χ0n) is 11.7. The van der Waals surface area contributed by atoms with Gasteiger partial charge in [-0.2, -0.15) is 0 Å². The van der Waals surface area contributed by atoms with E-state index in [4.69, 9.17) is 5.11 Å². The van der Waals surface area contributed by atoms with Gasteiger partial charge in [0.15, 0.2) is 9.84 Å². The van der Waals surface area contributed by atoms with Gasteiger partial charge in [-0.15, -0.1) is 0 Å². The van der Waals surface area contributed by atoms with Crippen molar-refractivity contribution in [2.24, 2.45) is 0 Å². The maximum atomic E-state index is 12.0. The van der Waals surface area contributed by atoms with Gasteiger partial charge in [0.05, 0.1) is 5.75 Å². The van der Waals surface area contributed by atoms with Crippen LogP contribution in [0.5, 0.6) is 0 Å². The van der Waals surface area contributed by atoms with Gasteiger partial charge in [0.2, 0.25) is 0 Å². The number of urea groups is 1. The van der Waals surface area contributed by atoms with Crippen LogP contribution in [0.4, 0.5) is 4.79 Å². The summed E-state index contributed by atoms with van der Waals surface area (Å²) in [6.45, 7) is 1.95. The minimum atomic E-state index is -3.13. The van der Waals surface area contributed by atoms with Crippen molar-refractivity contribution in [3.05, 3.63) is 0 Å². The van der Waals surface area contributed by atoms with E-state index in [9.17, 15) is 18.0 Å². The van der Waals surface area contributed by atoms with Crippen molar-refractivity contribution in [1.29, 1.82) is 0 Å². The topological polar surface area (TPSA) is 104 Å². The van der Waals surface area contributed by atoms with Crippen molar-refractivity contribution in [1.82, 2.24) is 10.2 Å². The quantitative estimate of drug-likeness (QED) is 0.768. The van der Waals surface area contributed by atoms with Gasteiger partial charge in [0.1, 0.15) is 6.04 Å². The largest absolute Gasteiger partial charge is 0.480 e. The molecule has 116 valence electrons. The molecule has 0 aromatic carbocycles. The number of carboxylic acids is 1. The molecule has 1 aliphatic rings. The Morgan fingerprint density at radius 3 is 2.60 bits per heavy atom. The number of carboxylic acid groups (broad SMARTS) is 1. The molecule has 1 fully saturated rings. The molecule has 1 rings (SSSR count). The summed E-state index contributed by atoms with van der Waals surface area (Å²) in [6.07, 6.45) is 2.89. The van der Waals surface area contributed by atoms with Crippen molar-refractivity contribution in [3.8, 4) is 0 Å². The molecule has 1 saturated heterocycles. The summed E-state index contributed by atoms with van der Waals surface area (Å²) in [5.74, 6) is -1.10. The van der Waals surface area contributed by atoms with E-state index >= 15 is 0 Å². The molecule has 0 bridgehead atoms. The van der Waals surface area contributed by atoms with Crippen LogP contribution in [0.2, 0.25) is 0 Å². The summed E-state index contributed by atoms with van der Waals surface area (Å²) in [7, 11) is -3.13. The van der Waals surface area contributed by atoms with Crippen LogP contribution in [-0.2, 0) is 14.6 Å². The van der Waals surface area contributed by atoms with Gasteiger partial charge in [-0.25, -0.2) is 18.0 Å². The van der Waals surface area contributed by atoms with Crippen LogP contribution in [-0.4, -0.2) is 61.1 Å². The van der Waals surface area contributed by atoms with E-state index in [-0.39, 0.29) is 18.1 Å². The van der Waals surface area contributed by atoms with Crippen LogP contribution in [0.25, 0.3) is 0 Å². The minimum absolute atomic E-state index is 0.0118. The van der Waals surface area contributed by atoms with Gasteiger partial charge >= 0.3 is 12.0 Å². The molecular formula is C12H22N2O5S. The van der Waals surface area contributed by atoms with Crippen molar-refractivity contribution in [2.45, 2.75) is 38.6 Å². The Morgan fingerprint density at radius 2 is 2.00 bits per heavy atom. The standard InChI is InChI=1S/C12H22N2O5S/c1-2-20(18,19)9-7-13-12(17)14-8-5-3-4-6-10(14)11(15)16/h10H,2-9H2,1H3,(H,13,17)(H,15,16). The normalized spacial score (nSPS) is 20.2. The molecule has 1 atom stereocenters. The second-order valence-electron chi connectivity index (χ2n) is 4.87. The predicted octanol–water partition coefficient (Wildman–Crippen LogP) is 0.460. The van der Waals surface area contributed by atoms with Crippen LogP contribution >= 0.6 is 0 Å². The first-order valence-corrected chi connectivity index (χ1v) is 8.67. The summed E-state index contributed by atoms with van der Waals surface area (Å²) in [5, 5.41) is 11.7. The lowest BCUT2D eigenvalue weighted by atomic mass is 10.1. The third-order valence-corrected chi connectivity index (χ3v) is 5.13. The number of hydrogen-bond donors (Lipinski definition) is 2. The van der Waals surface area contributed by atoms with Gasteiger partial charge in [0.25, 0.3) is 0 Å². The summed E-state index contributed by atoms with van der Waals surface area (Å²) in [6, 6.07) is -1.31. The lowest BCUT2D eigenvalue weighted by Crippen LogP contribution is -2.50. The zero-order chi connectivity index (χ0) is 15.2. The fourth-order valence-electron chi connectivity index (χ4n) is 2.17. The minimum Gasteiger partial charge on any atom is -0.480 e. The van der Waals surface area contributed by atoms with E-state index in [0.717, 1.165) is 19.3 Å². The van der Waals surface area contributed by atoms with Crippen LogP contribution in [0.3, 0.4) is 0 Å². The third-order valence-electron chi connectivity index (χ3n) is 3.43. The van der Waals surface area contributed by atoms with Crippen LogP contribution in [0.15, 0.2) is 0 Å². The predicted molar refractivity (Wildman–Crippen MR) is 74.3 cm³/mol. The summed E-state index contributed by atoms with van der Waals surface area (Å²) in [4.78, 5) is 24.5. The number of carbonyl (C=O) groups excluding carboxylic acids is 1. The maximum absolute atomic E-state index is 12.0. The molecule has 2 N–H and O–H groups in total. The Bertz CT molecular complexity index is 449. The number of carbonyl (C=O) groups is 2. The first kappa shape index (κ1) is 16.7. The molecule has 0 saturated carbocycles. The van der Waals surface area contributed by atoms with Crippen molar-refractivity contribution in [2.75, 3.05) is 24.6 Å². The number of amides is 2. The van der Waals surface area contributed by atoms with E-state index in [2.05, 4.69) is 5.32 Å². The van der Waals surface area contributed by atoms with Crippen molar-refractivity contribution in [3.63, 3.8) is 0 Å². The lowest BCUT2D eigenvalue weighted by Gasteiger charge is -2.27. The SMILES string of the molecule is CCS(=O)(=O)CCNC(=O)N1CCCCCC1C(=O)O. The average Bonchev–Trinajstić information content (AvgIpc) is 2.64. The van der Waals surface area contributed by atoms with E-state index in [1.165, 1.54) is 4.90 Å². The number of rotatable bonds is 5. The van der Waals surface area contributed by atoms with E-state index < -0.39 is 27.9 Å². The Morgan fingerprint density at radius 1 is 1.30 bits per heavy atom. The Kier molecular flexibility index (Phi) is 6.25. The smallest absolute Gasteiger partial charge is 0.326 e. The number of aliphatic carboxylic acids is 1. The van der Waals surface area contributed by atoms with E-state index in [0.29, 0.717) is 13.0 Å². The van der Waals surface area contributed by atoms with E-state index in [1.54, 1.807) is 6.92 Å². The van der Waals surface area contributed by atoms with Gasteiger partial charge in [0, 0.05) is 18.8 Å². The molecule has 0 radical (unpaired) electrons. The fourth-order valence-corrected chi connectivity index (χ4v) is 2.87. The number of nitrogens with one attached hydrogen (secondary N) is 1. The highest BCUT2D eigenvalue weighted by Gasteiger charge is 2.30. The third kappa shape index (κ3) is 4.99. The molecule has 0 aromatic heterocycles. The molecule has 2 amide bonds. The van der Waals surface area contributed by atoms with Gasteiger partial charge in [-0.1, -0.05) is 19.8 Å². The molecule has 7 nitrogen and oxygen atoms in total. The van der Waals surface area contributed by atoms with Crippen LogP contribution in [0, 0.1) is 0 Å². The van der Waals surface area contributed by atoms with Gasteiger partial charge in [-0.05, 0) is 12.8 Å². The summed E-state index contributed by atoms with van der Waals surface area (Å²) >= 11 is 0. The summed E-state index contributed by atoms with van der Waals surface area (Å²) < 4.78 is 22.7. The second kappa shape index (κ2) is 7.47. The Hall–Kier alpha value is -1.31. The molecule has 0 aliphatic carbocycles. The Balaban J connectivity index is 2.57. The highest BCUT2D eigenvalue weighted by Crippen LogP contribution is 2.17. The molecule has 1 unspecified atom stereocenters. The van der Waals surface area contributed by atoms with Gasteiger partial charge in [-0.3, -0.25) is 0 Å². The average molecular weight is 306 g/mol. The number of hydrogen-bond acceptors (Lipinski definition) is 4. The zero-order valence-corrected chi connectivity index (χ0v) is 12.5. The highest BCUT2D eigenvalue weighted by molar-refractivity contribution is 7.91. The molecule has 0 spiro atoms. The number of likely N-dealkylation sites (tertiary alicyclic amines) is 1. The van der Waals surface area contributed by atoms with Gasteiger partial charge < -0.3 is 15.3 Å². The second-order valence-corrected chi connectivity index (χ2v) is 7.34. The van der Waals surface area contributed by atoms with E-state index in [1.807, 2.05) is 0 Å². The first-order valence-electron chi connectivity index (χ1n) is 6.85. The lowest BCUT2D eigenvalue weighted by molar-refractivity contribution is -0.142. The molecule has 8 heteroatoms. The highest BCUT2D eigenvalue weighted by atomic mass is 32.2. The molecule has 0 aromatic rings. The summed E-state index contributed by atoms with van der Waals surface area (Å²) in [5.41, 5.74) is 0. The first-order chi connectivity index (χ1) is 9.37. The Labute approximate surface area is 119 Å². The van der Waals surface area contributed by atoms with Crippen molar-refractivity contribution >= 4 is 21.8 Å². The fraction of sp³-hybridized carbons (Fsp3) is 0.833. The number of sulfone groups is 1. The van der Waals surface area contributed by atoms with Crippen LogP contribution < -0.4 is 5.32 Å². The molecular weight excluding hydrogens is 284 g/mol. The molecule has 1 heterocycles. The monoisotopic (exact) mass is 306 g/mol.